The van der Waals surface area contributed by atoms with Crippen LogP contribution in [0.2, 0.25) is 0 Å². The lowest BCUT2D eigenvalue weighted by Gasteiger charge is -2.21. The highest BCUT2D eigenvalue weighted by Gasteiger charge is 2.38. The van der Waals surface area contributed by atoms with Crippen molar-refractivity contribution in [3.63, 3.8) is 0 Å². The van der Waals surface area contributed by atoms with Crippen molar-refractivity contribution in [3.8, 4) is 0 Å². The minimum absolute atomic E-state index is 0.111. The Bertz CT molecular complexity index is 1400. The number of hydrogen-bond acceptors (Lipinski definition) is 5. The number of aromatic nitrogens is 2. The first kappa shape index (κ1) is 27.7. The second-order valence-corrected chi connectivity index (χ2v) is 9.54. The largest absolute Gasteiger partial charge is 0.416 e. The molecule has 1 aromatic heterocycles. The molecule has 3 aromatic rings. The second-order valence-electron chi connectivity index (χ2n) is 8.67. The fourth-order valence-corrected chi connectivity index (χ4v) is 4.92. The van der Waals surface area contributed by atoms with Crippen LogP contribution in [0.4, 0.5) is 26.3 Å². The number of amidine groups is 1. The minimum atomic E-state index is -4.97. The van der Waals surface area contributed by atoms with E-state index in [1.165, 1.54) is 10.9 Å². The van der Waals surface area contributed by atoms with E-state index in [2.05, 4.69) is 10.1 Å². The monoisotopic (exact) mass is 556 g/mol. The van der Waals surface area contributed by atoms with Crippen LogP contribution in [0.5, 0.6) is 0 Å². The Hall–Kier alpha value is -3.32. The van der Waals surface area contributed by atoms with Crippen LogP contribution >= 0.6 is 11.8 Å². The van der Waals surface area contributed by atoms with E-state index >= 15 is 0 Å². The zero-order chi connectivity index (χ0) is 27.7. The van der Waals surface area contributed by atoms with Gasteiger partial charge < -0.3 is 10.0 Å². The van der Waals surface area contributed by atoms with Crippen molar-refractivity contribution in [2.75, 3.05) is 20.1 Å². The van der Waals surface area contributed by atoms with Gasteiger partial charge in [0, 0.05) is 31.7 Å². The van der Waals surface area contributed by atoms with Crippen LogP contribution in [-0.4, -0.2) is 57.5 Å². The van der Waals surface area contributed by atoms with Crippen LogP contribution in [0, 0.1) is 0 Å². The molecule has 202 valence electrons. The average Bonchev–Trinajstić information content (AvgIpc) is 3.43. The molecule has 38 heavy (non-hydrogen) atoms. The van der Waals surface area contributed by atoms with E-state index in [0.29, 0.717) is 58.4 Å². The van der Waals surface area contributed by atoms with Crippen LogP contribution in [0.25, 0.3) is 17.0 Å². The number of hydrogen-bond donors (Lipinski definition) is 1. The Morgan fingerprint density at radius 2 is 1.92 bits per heavy atom. The lowest BCUT2D eigenvalue weighted by Crippen LogP contribution is -2.30. The summed E-state index contributed by atoms with van der Waals surface area (Å²) >= 11 is 0.930. The van der Waals surface area contributed by atoms with Crippen LogP contribution in [-0.2, 0) is 23.7 Å². The molecule has 0 aliphatic carbocycles. The van der Waals surface area contributed by atoms with Gasteiger partial charge in [-0.15, -0.1) is 0 Å². The van der Waals surface area contributed by atoms with Gasteiger partial charge in [-0.1, -0.05) is 23.9 Å². The predicted molar refractivity (Wildman–Crippen MR) is 133 cm³/mol. The number of thioether (sulfide) groups is 1. The molecule has 0 radical (unpaired) electrons. The highest BCUT2D eigenvalue weighted by molar-refractivity contribution is 8.16. The van der Waals surface area contributed by atoms with Crippen molar-refractivity contribution < 1.29 is 36.2 Å². The smallest absolute Gasteiger partial charge is 0.391 e. The van der Waals surface area contributed by atoms with Gasteiger partial charge >= 0.3 is 12.4 Å². The molecule has 1 unspecified atom stereocenters. The van der Waals surface area contributed by atoms with Gasteiger partial charge in [-0.3, -0.25) is 14.5 Å². The summed E-state index contributed by atoms with van der Waals surface area (Å²) in [6, 6.07) is 6.65. The quantitative estimate of drug-likeness (QED) is 0.189. The molecule has 0 saturated carbocycles. The summed E-state index contributed by atoms with van der Waals surface area (Å²) in [6.45, 7) is 0.586. The normalized spacial score (nSPS) is 17.5. The highest BCUT2D eigenvalue weighted by atomic mass is 32.2. The summed E-state index contributed by atoms with van der Waals surface area (Å²) in [4.78, 5) is 18.0. The van der Waals surface area contributed by atoms with E-state index < -0.39 is 29.6 Å². The fraction of sp³-hybridized carbons (Fsp3) is 0.320. The fourth-order valence-electron chi connectivity index (χ4n) is 4.29. The lowest BCUT2D eigenvalue weighted by atomic mass is 10.0. The average molecular weight is 557 g/mol. The van der Waals surface area contributed by atoms with Gasteiger partial charge in [-0.05, 0) is 47.9 Å². The molecule has 13 heteroatoms. The molecule has 1 aliphatic rings. The Kier molecular flexibility index (Phi) is 7.88. The van der Waals surface area contributed by atoms with E-state index in [-0.39, 0.29) is 18.2 Å². The summed E-state index contributed by atoms with van der Waals surface area (Å²) in [5.74, 6) is 0.552. The van der Waals surface area contributed by atoms with Gasteiger partial charge in [-0.25, -0.2) is 0 Å². The first-order chi connectivity index (χ1) is 17.9. The van der Waals surface area contributed by atoms with E-state index in [0.717, 1.165) is 17.8 Å². The number of halogens is 6. The number of β-amino-alcohol motifs (C(OH)–C–C–N with tert-alkyl or cyclic N) is 1. The van der Waals surface area contributed by atoms with Gasteiger partial charge in [0.2, 0.25) is 0 Å². The molecule has 0 amide bonds. The van der Waals surface area contributed by atoms with E-state index in [9.17, 15) is 36.2 Å². The van der Waals surface area contributed by atoms with Crippen LogP contribution in [0.1, 0.15) is 28.7 Å². The molecule has 2 aromatic carbocycles. The second kappa shape index (κ2) is 10.8. The van der Waals surface area contributed by atoms with Crippen molar-refractivity contribution in [2.24, 2.45) is 4.99 Å². The topological polar surface area (TPSA) is 70.7 Å². The first-order valence-corrected chi connectivity index (χ1v) is 12.2. The van der Waals surface area contributed by atoms with Crippen molar-refractivity contribution in [1.82, 2.24) is 14.7 Å². The molecule has 6 nitrogen and oxygen atoms in total. The Morgan fingerprint density at radius 1 is 1.16 bits per heavy atom. The van der Waals surface area contributed by atoms with E-state index in [1.54, 1.807) is 31.3 Å². The van der Waals surface area contributed by atoms with Gasteiger partial charge in [0.15, 0.2) is 5.62 Å². The Labute approximate surface area is 217 Å². The van der Waals surface area contributed by atoms with Gasteiger partial charge in [0.1, 0.15) is 5.84 Å². The molecule has 1 atom stereocenters. The third-order valence-corrected chi connectivity index (χ3v) is 6.67. The molecular weight excluding hydrogens is 534 g/mol. The summed E-state index contributed by atoms with van der Waals surface area (Å²) in [5, 5.41) is 14.7. The number of aliphatic hydroxyl groups excluding tert-OH is 1. The number of rotatable bonds is 6. The first-order valence-electron chi connectivity index (χ1n) is 11.4. The molecule has 0 bridgehead atoms. The summed E-state index contributed by atoms with van der Waals surface area (Å²) in [5.41, 5.74) is -1.28. The van der Waals surface area contributed by atoms with E-state index in [4.69, 9.17) is 0 Å². The van der Waals surface area contributed by atoms with Crippen LogP contribution in [0.3, 0.4) is 0 Å². The molecular formula is C25H22F6N4O2S. The van der Waals surface area contributed by atoms with Crippen molar-refractivity contribution >= 4 is 40.2 Å². The van der Waals surface area contributed by atoms with Crippen molar-refractivity contribution in [3.05, 3.63) is 69.8 Å². The zero-order valence-electron chi connectivity index (χ0n) is 19.9. The summed E-state index contributed by atoms with van der Waals surface area (Å²) < 4.78 is 80.8. The Morgan fingerprint density at radius 3 is 2.53 bits per heavy atom. The van der Waals surface area contributed by atoms with Crippen LogP contribution < -0.4 is 0 Å². The third kappa shape index (κ3) is 6.21. The maximum atomic E-state index is 13.5. The summed E-state index contributed by atoms with van der Waals surface area (Å²) in [6.07, 6.45) is -6.54. The van der Waals surface area contributed by atoms with E-state index in [1.807, 2.05) is 4.90 Å². The maximum Gasteiger partial charge on any atom is 0.416 e. The van der Waals surface area contributed by atoms with Gasteiger partial charge in [0.25, 0.3) is 0 Å². The number of alkyl halides is 6. The summed E-state index contributed by atoms with van der Waals surface area (Å²) in [7, 11) is 1.59. The SMILES string of the molecule is CN=C(/C(=C/c1ccc2nn(Cc3ccc(C(F)(F)F)cc3C(F)(F)F)cc2c1)SC=O)N1CCC(O)C1. The van der Waals surface area contributed by atoms with Gasteiger partial charge in [-0.2, -0.15) is 31.4 Å². The number of carbonyl (C=O) groups is 1. The highest BCUT2D eigenvalue weighted by Crippen LogP contribution is 2.37. The van der Waals surface area contributed by atoms with Crippen molar-refractivity contribution in [1.29, 1.82) is 0 Å². The zero-order valence-corrected chi connectivity index (χ0v) is 20.7. The number of aliphatic hydroxyl groups is 1. The molecule has 1 saturated heterocycles. The standard InChI is InChI=1S/C25H22F6N4O2S/c1-32-23(34-7-6-19(37)13-34)22(38-14-36)9-15-2-5-21-17(8-15)12-35(33-21)11-16-3-4-18(24(26,27)28)10-20(16)25(29,30)31/h2-5,8-10,12,14,19,37H,6-7,11,13H2,1H3/b22-9-,32-23?. The molecule has 0 spiro atoms. The molecule has 2 heterocycles. The number of aliphatic imine (C=N–C) groups is 1. The number of benzene rings is 2. The molecule has 1 fully saturated rings. The number of fused-ring (bicyclic) bond motifs is 1. The van der Waals surface area contributed by atoms with Crippen LogP contribution in [0.15, 0.2) is 52.5 Å². The maximum absolute atomic E-state index is 13.5. The predicted octanol–water partition coefficient (Wildman–Crippen LogP) is 5.48. The number of carbonyl (C=O) groups excluding carboxylic acids is 1. The minimum Gasteiger partial charge on any atom is -0.391 e. The third-order valence-electron chi connectivity index (χ3n) is 6.02. The molecule has 1 aliphatic heterocycles. The van der Waals surface area contributed by atoms with Crippen molar-refractivity contribution in [2.45, 2.75) is 31.4 Å². The number of nitrogens with zero attached hydrogens (tertiary/aromatic N) is 4. The lowest BCUT2D eigenvalue weighted by molar-refractivity contribution is -0.143. The number of likely N-dealkylation sites (tertiary alicyclic amines) is 1. The Balaban J connectivity index is 1.65. The molecule has 4 rings (SSSR count). The van der Waals surface area contributed by atoms with Gasteiger partial charge in [0.05, 0.1) is 34.2 Å². The molecule has 1 N–H and O–H groups in total.